The number of carbonyl (C=O) groups is 1. The Morgan fingerprint density at radius 3 is 2.55 bits per heavy atom. The van der Waals surface area contributed by atoms with Crippen LogP contribution < -0.4 is 10.6 Å². The first-order chi connectivity index (χ1) is 9.74. The average molecular weight is 274 g/mol. The first-order valence-electron chi connectivity index (χ1n) is 7.78. The van der Waals surface area contributed by atoms with E-state index in [4.69, 9.17) is 0 Å². The van der Waals surface area contributed by atoms with Crippen molar-refractivity contribution in [2.75, 3.05) is 6.54 Å². The van der Waals surface area contributed by atoms with Gasteiger partial charge in [-0.15, -0.1) is 0 Å². The van der Waals surface area contributed by atoms with Gasteiger partial charge in [0.1, 0.15) is 0 Å². The number of benzene rings is 1. The minimum atomic E-state index is 0.102. The molecule has 1 aromatic rings. The van der Waals surface area contributed by atoms with Crippen LogP contribution in [0.25, 0.3) is 0 Å². The number of nitrogens with one attached hydrogen (secondary N) is 2. The van der Waals surface area contributed by atoms with Gasteiger partial charge < -0.3 is 10.6 Å². The third-order valence-corrected chi connectivity index (χ3v) is 4.07. The quantitative estimate of drug-likeness (QED) is 0.811. The van der Waals surface area contributed by atoms with Crippen LogP contribution in [-0.4, -0.2) is 24.5 Å². The third-order valence-electron chi connectivity index (χ3n) is 4.07. The van der Waals surface area contributed by atoms with E-state index in [-0.39, 0.29) is 5.91 Å². The fourth-order valence-corrected chi connectivity index (χ4v) is 3.00. The van der Waals surface area contributed by atoms with E-state index in [2.05, 4.69) is 41.0 Å². The maximum Gasteiger partial charge on any atom is 0.217 e. The molecule has 110 valence electrons. The van der Waals surface area contributed by atoms with Crippen LogP contribution in [0.3, 0.4) is 0 Å². The van der Waals surface area contributed by atoms with Crippen LogP contribution in [-0.2, 0) is 11.2 Å². The predicted octanol–water partition coefficient (Wildman–Crippen LogP) is 2.66. The molecule has 0 radical (unpaired) electrons. The van der Waals surface area contributed by atoms with E-state index in [0.717, 1.165) is 25.8 Å². The van der Waals surface area contributed by atoms with Crippen molar-refractivity contribution in [3.8, 4) is 0 Å². The topological polar surface area (TPSA) is 41.1 Å². The number of amides is 1. The van der Waals surface area contributed by atoms with Crippen LogP contribution in [0.5, 0.6) is 0 Å². The van der Waals surface area contributed by atoms with E-state index in [1.54, 1.807) is 6.92 Å². The summed E-state index contributed by atoms with van der Waals surface area (Å²) in [6.07, 6.45) is 6.91. The van der Waals surface area contributed by atoms with Gasteiger partial charge in [0.25, 0.3) is 0 Å². The molecule has 1 amide bonds. The Morgan fingerprint density at radius 1 is 1.10 bits per heavy atom. The molecular formula is C17H26N2O. The highest BCUT2D eigenvalue weighted by molar-refractivity contribution is 5.73. The summed E-state index contributed by atoms with van der Waals surface area (Å²) in [6.45, 7) is 2.65. The molecule has 0 aliphatic heterocycles. The highest BCUT2D eigenvalue weighted by Crippen LogP contribution is 2.18. The van der Waals surface area contributed by atoms with Crippen LogP contribution in [0.15, 0.2) is 30.3 Å². The second kappa shape index (κ2) is 8.05. The summed E-state index contributed by atoms with van der Waals surface area (Å²) >= 11 is 0. The van der Waals surface area contributed by atoms with Gasteiger partial charge in [0.2, 0.25) is 5.91 Å². The molecule has 3 heteroatoms. The van der Waals surface area contributed by atoms with Crippen molar-refractivity contribution in [3.63, 3.8) is 0 Å². The van der Waals surface area contributed by atoms with Crippen molar-refractivity contribution < 1.29 is 4.79 Å². The molecule has 0 heterocycles. The van der Waals surface area contributed by atoms with E-state index in [1.165, 1.54) is 24.8 Å². The van der Waals surface area contributed by atoms with Gasteiger partial charge in [0.05, 0.1) is 0 Å². The van der Waals surface area contributed by atoms with Gasteiger partial charge in [-0.2, -0.15) is 0 Å². The van der Waals surface area contributed by atoms with Gasteiger partial charge in [0, 0.05) is 19.0 Å². The molecule has 0 aromatic heterocycles. The summed E-state index contributed by atoms with van der Waals surface area (Å²) in [6, 6.07) is 11.6. The van der Waals surface area contributed by atoms with E-state index >= 15 is 0 Å². The lowest BCUT2D eigenvalue weighted by molar-refractivity contribution is -0.119. The molecule has 1 aromatic carbocycles. The molecule has 0 bridgehead atoms. The lowest BCUT2D eigenvalue weighted by Gasteiger charge is -2.17. The van der Waals surface area contributed by atoms with Crippen molar-refractivity contribution in [3.05, 3.63) is 35.9 Å². The van der Waals surface area contributed by atoms with Crippen molar-refractivity contribution in [2.45, 2.75) is 57.5 Å². The maximum absolute atomic E-state index is 11.1. The lowest BCUT2D eigenvalue weighted by atomic mass is 10.1. The van der Waals surface area contributed by atoms with E-state index in [0.29, 0.717) is 12.1 Å². The summed E-state index contributed by atoms with van der Waals surface area (Å²) in [5, 5.41) is 6.73. The maximum atomic E-state index is 11.1. The summed E-state index contributed by atoms with van der Waals surface area (Å²) < 4.78 is 0. The van der Waals surface area contributed by atoms with Crippen LogP contribution in [0, 0.1) is 0 Å². The Morgan fingerprint density at radius 2 is 1.80 bits per heavy atom. The van der Waals surface area contributed by atoms with Gasteiger partial charge in [-0.3, -0.25) is 4.79 Å². The highest BCUT2D eigenvalue weighted by Gasteiger charge is 2.18. The minimum Gasteiger partial charge on any atom is -0.354 e. The largest absolute Gasteiger partial charge is 0.354 e. The minimum absolute atomic E-state index is 0.102. The molecule has 0 saturated heterocycles. The summed E-state index contributed by atoms with van der Waals surface area (Å²) in [5.74, 6) is 0.102. The number of carbonyl (C=O) groups excluding carboxylic acids is 1. The van der Waals surface area contributed by atoms with Gasteiger partial charge in [-0.05, 0) is 50.6 Å². The molecule has 0 spiro atoms. The second-order valence-electron chi connectivity index (χ2n) is 5.79. The summed E-state index contributed by atoms with van der Waals surface area (Å²) in [4.78, 5) is 11.1. The SMILES string of the molecule is CC(=O)NC1CCCC(NCCc2ccccc2)CC1. The Kier molecular flexibility index (Phi) is 6.06. The normalized spacial score (nSPS) is 23.1. The number of rotatable bonds is 5. The molecule has 3 nitrogen and oxygen atoms in total. The van der Waals surface area contributed by atoms with Crippen molar-refractivity contribution in [1.29, 1.82) is 0 Å². The molecular weight excluding hydrogens is 248 g/mol. The molecule has 1 aliphatic carbocycles. The standard InChI is InChI=1S/C17H26N2O/c1-14(20)19-17-9-5-8-16(10-11-17)18-13-12-15-6-3-2-4-7-15/h2-4,6-7,16-18H,5,8-13H2,1H3,(H,19,20). The van der Waals surface area contributed by atoms with E-state index < -0.39 is 0 Å². The lowest BCUT2D eigenvalue weighted by Crippen LogP contribution is -2.34. The van der Waals surface area contributed by atoms with Crippen molar-refractivity contribution in [2.24, 2.45) is 0 Å². The van der Waals surface area contributed by atoms with Crippen LogP contribution in [0.4, 0.5) is 0 Å². The molecule has 2 rings (SSSR count). The zero-order valence-corrected chi connectivity index (χ0v) is 12.4. The Balaban J connectivity index is 1.68. The highest BCUT2D eigenvalue weighted by atomic mass is 16.1. The molecule has 1 saturated carbocycles. The Hall–Kier alpha value is -1.35. The van der Waals surface area contributed by atoms with Gasteiger partial charge in [-0.25, -0.2) is 0 Å². The van der Waals surface area contributed by atoms with Crippen molar-refractivity contribution >= 4 is 5.91 Å². The number of hydrogen-bond acceptors (Lipinski definition) is 2. The zero-order chi connectivity index (χ0) is 14.2. The van der Waals surface area contributed by atoms with Gasteiger partial charge in [-0.1, -0.05) is 30.3 Å². The first kappa shape index (κ1) is 15.0. The van der Waals surface area contributed by atoms with Gasteiger partial charge >= 0.3 is 0 Å². The summed E-state index contributed by atoms with van der Waals surface area (Å²) in [5.41, 5.74) is 1.39. The molecule has 2 atom stereocenters. The molecule has 1 fully saturated rings. The van der Waals surface area contributed by atoms with E-state index in [1.807, 2.05) is 0 Å². The van der Waals surface area contributed by atoms with Gasteiger partial charge in [0.15, 0.2) is 0 Å². The molecule has 1 aliphatic rings. The smallest absolute Gasteiger partial charge is 0.217 e. The van der Waals surface area contributed by atoms with E-state index in [9.17, 15) is 4.79 Å². The first-order valence-corrected chi connectivity index (χ1v) is 7.78. The fraction of sp³-hybridized carbons (Fsp3) is 0.588. The Bertz CT molecular complexity index is 405. The number of hydrogen-bond donors (Lipinski definition) is 2. The predicted molar refractivity (Wildman–Crippen MR) is 82.6 cm³/mol. The monoisotopic (exact) mass is 274 g/mol. The molecule has 2 N–H and O–H groups in total. The fourth-order valence-electron chi connectivity index (χ4n) is 3.00. The van der Waals surface area contributed by atoms with Crippen LogP contribution in [0.2, 0.25) is 0 Å². The average Bonchev–Trinajstić information content (AvgIpc) is 2.65. The third kappa shape index (κ3) is 5.33. The second-order valence-corrected chi connectivity index (χ2v) is 5.79. The molecule has 2 unspecified atom stereocenters. The Labute approximate surface area is 122 Å². The molecule has 20 heavy (non-hydrogen) atoms. The van der Waals surface area contributed by atoms with Crippen LogP contribution in [0.1, 0.15) is 44.6 Å². The van der Waals surface area contributed by atoms with Crippen LogP contribution >= 0.6 is 0 Å². The van der Waals surface area contributed by atoms with Crippen molar-refractivity contribution in [1.82, 2.24) is 10.6 Å². The zero-order valence-electron chi connectivity index (χ0n) is 12.4. The summed E-state index contributed by atoms with van der Waals surface area (Å²) in [7, 11) is 0.